The molecule has 0 aliphatic heterocycles. The summed E-state index contributed by atoms with van der Waals surface area (Å²) in [6.45, 7) is 2.57. The first-order valence-corrected chi connectivity index (χ1v) is 10.8. The Hall–Kier alpha value is -2.19. The molecule has 0 saturated heterocycles. The molecule has 8 heteroatoms. The van der Waals surface area contributed by atoms with Gasteiger partial charge < -0.3 is 5.32 Å². The molecule has 3 aromatic rings. The van der Waals surface area contributed by atoms with Crippen LogP contribution in [0.4, 0.5) is 0 Å². The second-order valence-corrected chi connectivity index (χ2v) is 8.87. The van der Waals surface area contributed by atoms with Crippen LogP contribution in [0.25, 0.3) is 11.4 Å². The molecule has 1 fully saturated rings. The molecule has 4 rings (SSSR count). The number of nitrogens with zero attached hydrogens (tertiary/aromatic N) is 4. The number of aromatic nitrogens is 4. The maximum Gasteiger partial charge on any atom is 0.233 e. The van der Waals surface area contributed by atoms with Crippen LogP contribution in [0.3, 0.4) is 0 Å². The van der Waals surface area contributed by atoms with Crippen molar-refractivity contribution >= 4 is 29.0 Å². The fraction of sp³-hybridized carbons (Fsp3) is 0.368. The van der Waals surface area contributed by atoms with Crippen molar-refractivity contribution in [1.82, 2.24) is 25.1 Å². The van der Waals surface area contributed by atoms with Gasteiger partial charge in [0.05, 0.1) is 5.25 Å². The summed E-state index contributed by atoms with van der Waals surface area (Å²) in [5.74, 6) is 0.864. The van der Waals surface area contributed by atoms with E-state index >= 15 is 0 Å². The second-order valence-electron chi connectivity index (χ2n) is 6.53. The van der Waals surface area contributed by atoms with Gasteiger partial charge in [-0.3, -0.25) is 14.3 Å². The third-order valence-corrected chi connectivity index (χ3v) is 6.39. The Morgan fingerprint density at radius 1 is 1.37 bits per heavy atom. The van der Waals surface area contributed by atoms with Crippen LogP contribution >= 0.6 is 23.1 Å². The molecule has 3 heterocycles. The van der Waals surface area contributed by atoms with Crippen molar-refractivity contribution in [2.24, 2.45) is 0 Å². The molecule has 140 valence electrons. The zero-order chi connectivity index (χ0) is 18.6. The van der Waals surface area contributed by atoms with Crippen molar-refractivity contribution in [3.05, 3.63) is 46.9 Å². The molecule has 1 saturated carbocycles. The molecule has 1 amide bonds. The summed E-state index contributed by atoms with van der Waals surface area (Å²) in [6.07, 6.45) is 6.67. The SMILES string of the molecule is C[C@@H](Sc1nnc(-c2cccnc2)n1C1CC1)C(=O)NCCc1cccs1. The van der Waals surface area contributed by atoms with Gasteiger partial charge in [0.15, 0.2) is 11.0 Å². The molecule has 1 N–H and O–H groups in total. The smallest absolute Gasteiger partial charge is 0.233 e. The van der Waals surface area contributed by atoms with E-state index in [2.05, 4.69) is 36.5 Å². The molecule has 6 nitrogen and oxygen atoms in total. The number of thioether (sulfide) groups is 1. The third kappa shape index (κ3) is 4.39. The maximum atomic E-state index is 12.5. The highest BCUT2D eigenvalue weighted by Gasteiger charge is 2.31. The first-order valence-electron chi connectivity index (χ1n) is 9.04. The van der Waals surface area contributed by atoms with E-state index in [1.165, 1.54) is 16.6 Å². The number of amides is 1. The van der Waals surface area contributed by atoms with E-state index in [0.717, 1.165) is 35.8 Å². The van der Waals surface area contributed by atoms with Gasteiger partial charge in [-0.05, 0) is 49.8 Å². The Bertz CT molecular complexity index is 890. The van der Waals surface area contributed by atoms with Gasteiger partial charge in [0.1, 0.15) is 0 Å². The van der Waals surface area contributed by atoms with Gasteiger partial charge in [-0.1, -0.05) is 17.8 Å². The van der Waals surface area contributed by atoms with Crippen LogP contribution in [0.2, 0.25) is 0 Å². The van der Waals surface area contributed by atoms with Crippen LogP contribution in [0, 0.1) is 0 Å². The van der Waals surface area contributed by atoms with E-state index in [1.807, 2.05) is 25.1 Å². The third-order valence-electron chi connectivity index (χ3n) is 4.40. The van der Waals surface area contributed by atoms with E-state index in [0.29, 0.717) is 12.6 Å². The Morgan fingerprint density at radius 2 is 2.26 bits per heavy atom. The van der Waals surface area contributed by atoms with Gasteiger partial charge >= 0.3 is 0 Å². The lowest BCUT2D eigenvalue weighted by Gasteiger charge is -2.13. The Balaban J connectivity index is 1.41. The Labute approximate surface area is 166 Å². The highest BCUT2D eigenvalue weighted by Crippen LogP contribution is 2.41. The first-order chi connectivity index (χ1) is 13.2. The predicted molar refractivity (Wildman–Crippen MR) is 108 cm³/mol. The largest absolute Gasteiger partial charge is 0.355 e. The quantitative estimate of drug-likeness (QED) is 0.586. The highest BCUT2D eigenvalue weighted by atomic mass is 32.2. The van der Waals surface area contributed by atoms with Crippen molar-refractivity contribution in [2.75, 3.05) is 6.54 Å². The summed E-state index contributed by atoms with van der Waals surface area (Å²) in [5, 5.41) is 14.4. The van der Waals surface area contributed by atoms with Crippen LogP contribution in [-0.2, 0) is 11.2 Å². The minimum atomic E-state index is -0.225. The zero-order valence-corrected chi connectivity index (χ0v) is 16.7. The fourth-order valence-corrected chi connectivity index (χ4v) is 4.48. The molecule has 0 aromatic carbocycles. The molecule has 1 atom stereocenters. The summed E-state index contributed by atoms with van der Waals surface area (Å²) >= 11 is 3.18. The minimum Gasteiger partial charge on any atom is -0.355 e. The van der Waals surface area contributed by atoms with Crippen LogP contribution in [0.15, 0.2) is 47.2 Å². The average molecular weight is 400 g/mol. The van der Waals surface area contributed by atoms with E-state index < -0.39 is 0 Å². The van der Waals surface area contributed by atoms with Crippen molar-refractivity contribution in [2.45, 2.75) is 42.6 Å². The molecule has 1 aliphatic carbocycles. The van der Waals surface area contributed by atoms with Crippen LogP contribution in [0.1, 0.15) is 30.7 Å². The van der Waals surface area contributed by atoms with Crippen LogP contribution < -0.4 is 5.32 Å². The second kappa shape index (κ2) is 8.22. The van der Waals surface area contributed by atoms with Gasteiger partial charge in [0.2, 0.25) is 5.91 Å². The zero-order valence-electron chi connectivity index (χ0n) is 15.0. The van der Waals surface area contributed by atoms with E-state index in [9.17, 15) is 4.79 Å². The van der Waals surface area contributed by atoms with Gasteiger partial charge in [-0.15, -0.1) is 21.5 Å². The first kappa shape index (κ1) is 18.2. The molecule has 27 heavy (non-hydrogen) atoms. The normalized spacial score (nSPS) is 14.9. The van der Waals surface area contributed by atoms with E-state index in [4.69, 9.17) is 0 Å². The van der Waals surface area contributed by atoms with Gasteiger partial charge in [-0.2, -0.15) is 0 Å². The standard InChI is InChI=1S/C19H21N5OS2/c1-13(18(25)21-10-8-16-5-3-11-26-16)27-19-23-22-17(24(19)15-6-7-15)14-4-2-9-20-12-14/h2-5,9,11-13,15H,6-8,10H2,1H3,(H,21,25)/t13-/m1/s1. The van der Waals surface area contributed by atoms with E-state index in [1.54, 1.807) is 23.7 Å². The lowest BCUT2D eigenvalue weighted by molar-refractivity contribution is -0.120. The highest BCUT2D eigenvalue weighted by molar-refractivity contribution is 8.00. The molecule has 0 spiro atoms. The van der Waals surface area contributed by atoms with Gasteiger partial charge in [-0.25, -0.2) is 0 Å². The lowest BCUT2D eigenvalue weighted by atomic mass is 10.3. The van der Waals surface area contributed by atoms with Crippen molar-refractivity contribution < 1.29 is 4.79 Å². The Morgan fingerprint density at radius 3 is 2.96 bits per heavy atom. The molecule has 1 aliphatic rings. The monoisotopic (exact) mass is 399 g/mol. The average Bonchev–Trinajstić information content (AvgIpc) is 3.22. The molecular formula is C19H21N5OS2. The summed E-state index contributed by atoms with van der Waals surface area (Å²) in [6, 6.07) is 8.44. The lowest BCUT2D eigenvalue weighted by Crippen LogP contribution is -2.32. The number of hydrogen-bond acceptors (Lipinski definition) is 6. The molecular weight excluding hydrogens is 378 g/mol. The summed E-state index contributed by atoms with van der Waals surface area (Å²) in [7, 11) is 0. The minimum absolute atomic E-state index is 0.0323. The number of thiophene rings is 1. The summed E-state index contributed by atoms with van der Waals surface area (Å²) in [5.41, 5.74) is 0.955. The van der Waals surface area contributed by atoms with Crippen molar-refractivity contribution in [1.29, 1.82) is 0 Å². The van der Waals surface area contributed by atoms with Crippen LogP contribution in [-0.4, -0.2) is 37.5 Å². The number of hydrogen-bond donors (Lipinski definition) is 1. The number of carbonyl (C=O) groups is 1. The van der Waals surface area contributed by atoms with Crippen molar-refractivity contribution in [3.8, 4) is 11.4 Å². The maximum absolute atomic E-state index is 12.5. The number of carbonyl (C=O) groups excluding carboxylic acids is 1. The molecule has 3 aromatic heterocycles. The Kier molecular flexibility index (Phi) is 5.54. The van der Waals surface area contributed by atoms with Gasteiger partial charge in [0.25, 0.3) is 0 Å². The summed E-state index contributed by atoms with van der Waals surface area (Å²) in [4.78, 5) is 17.9. The molecule has 0 radical (unpaired) electrons. The number of pyridine rings is 1. The molecule has 0 unspecified atom stereocenters. The fourth-order valence-electron chi connectivity index (χ4n) is 2.83. The van der Waals surface area contributed by atoms with E-state index in [-0.39, 0.29) is 11.2 Å². The van der Waals surface area contributed by atoms with Crippen molar-refractivity contribution in [3.63, 3.8) is 0 Å². The summed E-state index contributed by atoms with van der Waals surface area (Å²) < 4.78 is 2.16. The van der Waals surface area contributed by atoms with Crippen LogP contribution in [0.5, 0.6) is 0 Å². The van der Waals surface area contributed by atoms with Gasteiger partial charge in [0, 0.05) is 35.4 Å². The number of nitrogens with one attached hydrogen (secondary N) is 1. The predicted octanol–water partition coefficient (Wildman–Crippen LogP) is 3.58. The molecule has 0 bridgehead atoms. The topological polar surface area (TPSA) is 72.7 Å². The number of rotatable bonds is 8.